The van der Waals surface area contributed by atoms with E-state index >= 15 is 0 Å². The van der Waals surface area contributed by atoms with Crippen molar-refractivity contribution >= 4 is 56.8 Å². The molecule has 7 heteroatoms. The zero-order chi connectivity index (χ0) is 34.3. The van der Waals surface area contributed by atoms with Crippen molar-refractivity contribution in [2.75, 3.05) is 41.3 Å². The topological polar surface area (TPSA) is 52.5 Å². The second kappa shape index (κ2) is 15.6. The van der Waals surface area contributed by atoms with Gasteiger partial charge in [-0.05, 0) is 118 Å². The molecule has 2 amide bonds. The second-order valence-corrected chi connectivity index (χ2v) is 13.0. The molecule has 0 aliphatic rings. The molecule has 1 atom stereocenters. The number of anilines is 3. The molecule has 6 aromatic rings. The summed E-state index contributed by atoms with van der Waals surface area (Å²) in [5, 5.41) is 5.76. The number of nitrogens with one attached hydrogen (secondary N) is 2. The van der Waals surface area contributed by atoms with Crippen LogP contribution in [0.15, 0.2) is 120 Å². The molecule has 6 rings (SSSR count). The summed E-state index contributed by atoms with van der Waals surface area (Å²) in [7, 11) is 0. The molecule has 0 radical (unpaired) electrons. The molecule has 0 aliphatic carbocycles. The fraction of sp³-hybridized carbons (Fsp3) is 0.262. The van der Waals surface area contributed by atoms with Crippen molar-refractivity contribution < 1.29 is 4.79 Å². The Morgan fingerprint density at radius 2 is 1.27 bits per heavy atom. The Bertz CT molecular complexity index is 2010. The van der Waals surface area contributed by atoms with Crippen molar-refractivity contribution in [3.8, 4) is 0 Å². The number of carbonyl (C=O) groups excluding carboxylic acids is 1. The monoisotopic (exact) mass is 669 g/mol. The highest BCUT2D eigenvalue weighted by Crippen LogP contribution is 2.41. The van der Waals surface area contributed by atoms with Crippen molar-refractivity contribution in [3.05, 3.63) is 132 Å². The molecular weight excluding hydrogens is 623 g/mol. The predicted molar refractivity (Wildman–Crippen MR) is 211 cm³/mol. The van der Waals surface area contributed by atoms with Crippen LogP contribution in [0.1, 0.15) is 57.2 Å². The first-order valence-electron chi connectivity index (χ1n) is 17.5. The van der Waals surface area contributed by atoms with E-state index in [4.69, 9.17) is 0 Å². The van der Waals surface area contributed by atoms with Crippen LogP contribution in [0.4, 0.5) is 21.9 Å². The van der Waals surface area contributed by atoms with Gasteiger partial charge in [0.1, 0.15) is 0 Å². The highest BCUT2D eigenvalue weighted by Gasteiger charge is 2.24. The average molecular weight is 670 g/mol. The van der Waals surface area contributed by atoms with Crippen LogP contribution < -0.4 is 19.8 Å². The van der Waals surface area contributed by atoms with Gasteiger partial charge in [-0.25, -0.2) is 4.79 Å². The molecule has 0 saturated carbocycles. The maximum atomic E-state index is 13.5. The van der Waals surface area contributed by atoms with E-state index in [-0.39, 0.29) is 11.9 Å². The molecule has 1 heterocycles. The Labute approximate surface area is 295 Å². The number of amides is 2. The van der Waals surface area contributed by atoms with Crippen LogP contribution >= 0.6 is 11.9 Å². The van der Waals surface area contributed by atoms with Crippen LogP contribution in [0.3, 0.4) is 0 Å². The first kappa shape index (κ1) is 34.0. The van der Waals surface area contributed by atoms with E-state index in [1.807, 2.05) is 30.3 Å². The SMILES string of the molecule is CCN(CC)c1ccc(C(c2ccc3c(c2)c2ccccc2n3CC)c2ccc(N(CC)CC)cc2NC(=O)NSc2ccccc2)cc1. The third kappa shape index (κ3) is 7.13. The van der Waals surface area contributed by atoms with E-state index in [0.717, 1.165) is 54.6 Å². The number of aryl methyl sites for hydroxylation is 1. The lowest BCUT2D eigenvalue weighted by Gasteiger charge is -2.27. The molecule has 252 valence electrons. The fourth-order valence-electron chi connectivity index (χ4n) is 7.04. The quantitative estimate of drug-likeness (QED) is 0.0949. The van der Waals surface area contributed by atoms with Gasteiger partial charge < -0.3 is 19.7 Å². The maximum absolute atomic E-state index is 13.5. The molecule has 0 saturated heterocycles. The number of urea groups is 1. The van der Waals surface area contributed by atoms with Gasteiger partial charge in [0, 0.05) is 82.4 Å². The summed E-state index contributed by atoms with van der Waals surface area (Å²) in [6, 6.07) is 40.7. The van der Waals surface area contributed by atoms with E-state index in [1.165, 1.54) is 50.6 Å². The first-order valence-corrected chi connectivity index (χ1v) is 18.3. The van der Waals surface area contributed by atoms with Gasteiger partial charge in [0.15, 0.2) is 0 Å². The van der Waals surface area contributed by atoms with E-state index in [0.29, 0.717) is 0 Å². The lowest BCUT2D eigenvalue weighted by molar-refractivity contribution is 0.257. The Hall–Kier alpha value is -4.88. The number of rotatable bonds is 13. The number of nitrogens with zero attached hydrogens (tertiary/aromatic N) is 3. The van der Waals surface area contributed by atoms with E-state index in [2.05, 4.69) is 144 Å². The molecule has 49 heavy (non-hydrogen) atoms. The van der Waals surface area contributed by atoms with E-state index in [9.17, 15) is 4.79 Å². The van der Waals surface area contributed by atoms with Crippen LogP contribution in [0.25, 0.3) is 21.8 Å². The summed E-state index contributed by atoms with van der Waals surface area (Å²) in [6.45, 7) is 15.5. The van der Waals surface area contributed by atoms with Crippen LogP contribution in [0.5, 0.6) is 0 Å². The van der Waals surface area contributed by atoms with Gasteiger partial charge in [-0.2, -0.15) is 0 Å². The zero-order valence-electron chi connectivity index (χ0n) is 29.2. The molecule has 0 bridgehead atoms. The minimum absolute atomic E-state index is 0.123. The molecule has 6 nitrogen and oxygen atoms in total. The van der Waals surface area contributed by atoms with Crippen molar-refractivity contribution in [3.63, 3.8) is 0 Å². The predicted octanol–water partition coefficient (Wildman–Crippen LogP) is 10.5. The maximum Gasteiger partial charge on any atom is 0.329 e. The van der Waals surface area contributed by atoms with Crippen LogP contribution in [0, 0.1) is 0 Å². The normalized spacial score (nSPS) is 11.9. The Balaban J connectivity index is 1.50. The highest BCUT2D eigenvalue weighted by atomic mass is 32.2. The largest absolute Gasteiger partial charge is 0.372 e. The Morgan fingerprint density at radius 3 is 1.96 bits per heavy atom. The van der Waals surface area contributed by atoms with Crippen molar-refractivity contribution in [1.29, 1.82) is 0 Å². The van der Waals surface area contributed by atoms with E-state index < -0.39 is 0 Å². The molecule has 0 aliphatic heterocycles. The number of hydrogen-bond donors (Lipinski definition) is 2. The summed E-state index contributed by atoms with van der Waals surface area (Å²) < 4.78 is 5.39. The number of benzene rings is 5. The molecule has 1 unspecified atom stereocenters. The molecule has 2 N–H and O–H groups in total. The fourth-order valence-corrected chi connectivity index (χ4v) is 7.60. The standard InChI is InChI=1S/C42H47N5OS/c1-6-45(7-2)32-23-20-30(21-24-32)41(31-22-27-40-37(28-31)35-18-14-15-19-39(35)47(40)10-5)36-26-25-33(46(8-3)9-4)29-38(36)43-42(48)44-49-34-16-12-11-13-17-34/h11-29,41H,6-10H2,1-5H3,(H2,43,44,48). The number of carbonyl (C=O) groups is 1. The zero-order valence-corrected chi connectivity index (χ0v) is 30.1. The lowest BCUT2D eigenvalue weighted by atomic mass is 9.83. The molecular formula is C42H47N5OS. The summed E-state index contributed by atoms with van der Waals surface area (Å²) >= 11 is 1.31. The van der Waals surface area contributed by atoms with Crippen molar-refractivity contribution in [1.82, 2.24) is 9.29 Å². The molecule has 0 fully saturated rings. The second-order valence-electron chi connectivity index (χ2n) is 12.1. The highest BCUT2D eigenvalue weighted by molar-refractivity contribution is 7.98. The smallest absolute Gasteiger partial charge is 0.329 e. The summed E-state index contributed by atoms with van der Waals surface area (Å²) in [5.41, 5.74) is 8.96. The molecule has 0 spiro atoms. The van der Waals surface area contributed by atoms with Gasteiger partial charge in [-0.1, -0.05) is 60.7 Å². The van der Waals surface area contributed by atoms with Crippen molar-refractivity contribution in [2.24, 2.45) is 0 Å². The van der Waals surface area contributed by atoms with Gasteiger partial charge in [0.2, 0.25) is 0 Å². The van der Waals surface area contributed by atoms with Gasteiger partial charge in [-0.15, -0.1) is 0 Å². The lowest BCUT2D eigenvalue weighted by Crippen LogP contribution is -2.25. The van der Waals surface area contributed by atoms with Gasteiger partial charge >= 0.3 is 6.03 Å². The minimum Gasteiger partial charge on any atom is -0.372 e. The summed E-state index contributed by atoms with van der Waals surface area (Å²) in [5.74, 6) is -0.123. The Morgan fingerprint density at radius 1 is 0.653 bits per heavy atom. The minimum atomic E-state index is -0.260. The average Bonchev–Trinajstić information content (AvgIpc) is 3.46. The Kier molecular flexibility index (Phi) is 10.8. The van der Waals surface area contributed by atoms with Crippen LogP contribution in [-0.4, -0.2) is 36.8 Å². The van der Waals surface area contributed by atoms with Crippen LogP contribution in [0.2, 0.25) is 0 Å². The third-order valence-electron chi connectivity index (χ3n) is 9.53. The summed E-state index contributed by atoms with van der Waals surface area (Å²) in [4.78, 5) is 19.2. The van der Waals surface area contributed by atoms with Gasteiger partial charge in [0.25, 0.3) is 0 Å². The molecule has 1 aromatic heterocycles. The number of aromatic nitrogens is 1. The van der Waals surface area contributed by atoms with Gasteiger partial charge in [0.05, 0.1) is 0 Å². The van der Waals surface area contributed by atoms with E-state index in [1.54, 1.807) is 0 Å². The number of hydrogen-bond acceptors (Lipinski definition) is 4. The first-order chi connectivity index (χ1) is 24.0. The van der Waals surface area contributed by atoms with Crippen molar-refractivity contribution in [2.45, 2.75) is 52.0 Å². The summed E-state index contributed by atoms with van der Waals surface area (Å²) in [6.07, 6.45) is 0. The number of para-hydroxylation sites is 1. The molecule has 5 aromatic carbocycles. The third-order valence-corrected chi connectivity index (χ3v) is 10.3. The van der Waals surface area contributed by atoms with Crippen LogP contribution in [-0.2, 0) is 6.54 Å². The number of fused-ring (bicyclic) bond motifs is 3. The van der Waals surface area contributed by atoms with Gasteiger partial charge in [-0.3, -0.25) is 4.72 Å².